The molecule has 0 bridgehead atoms. The van der Waals surface area contributed by atoms with Gasteiger partial charge in [-0.1, -0.05) is 43.2 Å². The SMILES string of the molecule is CN(CC1(O)CCCC1)S(=O)(=O)Cc1ccccc1. The zero-order chi connectivity index (χ0) is 13.9. The quantitative estimate of drug-likeness (QED) is 0.895. The van der Waals surface area contributed by atoms with E-state index in [4.69, 9.17) is 0 Å². The minimum absolute atomic E-state index is 0.0135. The third-order valence-electron chi connectivity index (χ3n) is 3.72. The summed E-state index contributed by atoms with van der Waals surface area (Å²) in [5.41, 5.74) is -0.0637. The van der Waals surface area contributed by atoms with Crippen LogP contribution in [0.3, 0.4) is 0 Å². The molecule has 0 radical (unpaired) electrons. The number of hydrogen-bond donors (Lipinski definition) is 1. The Kier molecular flexibility index (Phi) is 4.28. The Morgan fingerprint density at radius 3 is 2.37 bits per heavy atom. The molecule has 2 rings (SSSR count). The second kappa shape index (κ2) is 5.61. The topological polar surface area (TPSA) is 57.6 Å². The molecule has 0 unspecified atom stereocenters. The van der Waals surface area contributed by atoms with E-state index in [0.717, 1.165) is 18.4 Å². The molecule has 0 saturated heterocycles. The van der Waals surface area contributed by atoms with Gasteiger partial charge < -0.3 is 5.11 Å². The molecule has 5 heteroatoms. The molecule has 106 valence electrons. The van der Waals surface area contributed by atoms with Crippen molar-refractivity contribution in [3.05, 3.63) is 35.9 Å². The lowest BCUT2D eigenvalue weighted by molar-refractivity contribution is 0.0333. The normalized spacial score (nSPS) is 18.9. The van der Waals surface area contributed by atoms with Crippen LogP contribution in [0, 0.1) is 0 Å². The van der Waals surface area contributed by atoms with Gasteiger partial charge in [-0.2, -0.15) is 0 Å². The maximum Gasteiger partial charge on any atom is 0.218 e. The molecule has 1 aromatic rings. The second-order valence-corrected chi connectivity index (χ2v) is 7.51. The minimum atomic E-state index is -3.37. The van der Waals surface area contributed by atoms with Gasteiger partial charge in [0.15, 0.2) is 0 Å². The predicted molar refractivity (Wildman–Crippen MR) is 75.1 cm³/mol. The van der Waals surface area contributed by atoms with E-state index >= 15 is 0 Å². The van der Waals surface area contributed by atoms with Gasteiger partial charge in [0.05, 0.1) is 11.4 Å². The Labute approximate surface area is 115 Å². The third kappa shape index (κ3) is 3.78. The molecule has 0 heterocycles. The van der Waals surface area contributed by atoms with Crippen LogP contribution in [0.1, 0.15) is 31.2 Å². The Bertz CT molecular complexity index is 507. The monoisotopic (exact) mass is 283 g/mol. The molecule has 1 aliphatic rings. The van der Waals surface area contributed by atoms with Crippen LogP contribution in [0.2, 0.25) is 0 Å². The van der Waals surface area contributed by atoms with Gasteiger partial charge >= 0.3 is 0 Å². The van der Waals surface area contributed by atoms with Crippen molar-refractivity contribution in [3.63, 3.8) is 0 Å². The van der Waals surface area contributed by atoms with Crippen LogP contribution in [0.5, 0.6) is 0 Å². The number of benzene rings is 1. The summed E-state index contributed by atoms with van der Waals surface area (Å²) in [5.74, 6) is -0.0135. The van der Waals surface area contributed by atoms with Gasteiger partial charge in [-0.05, 0) is 18.4 Å². The summed E-state index contributed by atoms with van der Waals surface area (Å²) in [5, 5.41) is 10.3. The second-order valence-electron chi connectivity index (χ2n) is 5.43. The van der Waals surface area contributed by atoms with Crippen LogP contribution in [0.15, 0.2) is 30.3 Å². The van der Waals surface area contributed by atoms with Crippen LogP contribution in [-0.4, -0.2) is 37.0 Å². The van der Waals surface area contributed by atoms with Crippen LogP contribution >= 0.6 is 0 Å². The van der Waals surface area contributed by atoms with Crippen molar-refractivity contribution in [2.24, 2.45) is 0 Å². The maximum absolute atomic E-state index is 12.2. The van der Waals surface area contributed by atoms with E-state index in [1.54, 1.807) is 19.2 Å². The van der Waals surface area contributed by atoms with Gasteiger partial charge in [0.2, 0.25) is 10.0 Å². The van der Waals surface area contributed by atoms with Crippen LogP contribution < -0.4 is 0 Å². The molecule has 0 aliphatic heterocycles. The van der Waals surface area contributed by atoms with Crippen molar-refractivity contribution in [3.8, 4) is 0 Å². The lowest BCUT2D eigenvalue weighted by atomic mass is 10.0. The van der Waals surface area contributed by atoms with E-state index in [1.807, 2.05) is 18.2 Å². The molecule has 1 fully saturated rings. The molecule has 1 aliphatic carbocycles. The lowest BCUT2D eigenvalue weighted by Gasteiger charge is -2.28. The molecule has 0 amide bonds. The number of sulfonamides is 1. The van der Waals surface area contributed by atoms with E-state index in [9.17, 15) is 13.5 Å². The van der Waals surface area contributed by atoms with Crippen molar-refractivity contribution >= 4 is 10.0 Å². The molecule has 0 aromatic heterocycles. The number of aliphatic hydroxyl groups is 1. The van der Waals surface area contributed by atoms with Gasteiger partial charge in [0, 0.05) is 13.6 Å². The maximum atomic E-state index is 12.2. The summed E-state index contributed by atoms with van der Waals surface area (Å²) < 4.78 is 25.8. The van der Waals surface area contributed by atoms with Crippen molar-refractivity contribution < 1.29 is 13.5 Å². The number of hydrogen-bond acceptors (Lipinski definition) is 3. The van der Waals surface area contributed by atoms with Crippen molar-refractivity contribution in [1.82, 2.24) is 4.31 Å². The van der Waals surface area contributed by atoms with E-state index in [2.05, 4.69) is 0 Å². The molecule has 1 aromatic carbocycles. The van der Waals surface area contributed by atoms with Gasteiger partial charge in [-0.3, -0.25) is 0 Å². The Morgan fingerprint density at radius 1 is 1.21 bits per heavy atom. The predicted octanol–water partition coefficient (Wildman–Crippen LogP) is 1.75. The molecular formula is C14H21NO3S. The fourth-order valence-electron chi connectivity index (χ4n) is 2.60. The first-order chi connectivity index (χ1) is 8.91. The summed E-state index contributed by atoms with van der Waals surface area (Å²) in [7, 11) is -1.82. The molecular weight excluding hydrogens is 262 g/mol. The van der Waals surface area contributed by atoms with Crippen LogP contribution in [0.4, 0.5) is 0 Å². The summed E-state index contributed by atoms with van der Waals surface area (Å²) in [6, 6.07) is 9.12. The lowest BCUT2D eigenvalue weighted by Crippen LogP contribution is -2.42. The highest BCUT2D eigenvalue weighted by molar-refractivity contribution is 7.88. The molecule has 4 nitrogen and oxygen atoms in total. The van der Waals surface area contributed by atoms with Gasteiger partial charge in [0.25, 0.3) is 0 Å². The van der Waals surface area contributed by atoms with Crippen molar-refractivity contribution in [2.75, 3.05) is 13.6 Å². The first-order valence-electron chi connectivity index (χ1n) is 6.62. The standard InChI is InChI=1S/C14H21NO3S/c1-15(12-14(16)9-5-6-10-14)19(17,18)11-13-7-3-2-4-8-13/h2-4,7-8,16H,5-6,9-12H2,1H3. The van der Waals surface area contributed by atoms with Crippen LogP contribution in [-0.2, 0) is 15.8 Å². The summed E-state index contributed by atoms with van der Waals surface area (Å²) in [6.45, 7) is 0.197. The number of likely N-dealkylation sites (N-methyl/N-ethyl adjacent to an activating group) is 1. The fourth-order valence-corrected chi connectivity index (χ4v) is 3.87. The zero-order valence-corrected chi connectivity index (χ0v) is 12.1. The van der Waals surface area contributed by atoms with Gasteiger partial charge in [-0.25, -0.2) is 12.7 Å². The van der Waals surface area contributed by atoms with Gasteiger partial charge in [0.1, 0.15) is 0 Å². The third-order valence-corrected chi connectivity index (χ3v) is 5.49. The minimum Gasteiger partial charge on any atom is -0.389 e. The summed E-state index contributed by atoms with van der Waals surface area (Å²) in [4.78, 5) is 0. The number of rotatable bonds is 5. The molecule has 1 N–H and O–H groups in total. The van der Waals surface area contributed by atoms with Crippen LogP contribution in [0.25, 0.3) is 0 Å². The van der Waals surface area contributed by atoms with E-state index < -0.39 is 15.6 Å². The van der Waals surface area contributed by atoms with E-state index in [0.29, 0.717) is 12.8 Å². The highest BCUT2D eigenvalue weighted by atomic mass is 32.2. The Balaban J connectivity index is 2.03. The molecule has 0 spiro atoms. The number of nitrogens with zero attached hydrogens (tertiary/aromatic N) is 1. The van der Waals surface area contributed by atoms with E-state index in [1.165, 1.54) is 4.31 Å². The molecule has 19 heavy (non-hydrogen) atoms. The van der Waals surface area contributed by atoms with Crippen molar-refractivity contribution in [2.45, 2.75) is 37.0 Å². The van der Waals surface area contributed by atoms with Gasteiger partial charge in [-0.15, -0.1) is 0 Å². The highest BCUT2D eigenvalue weighted by Crippen LogP contribution is 2.30. The first kappa shape index (κ1) is 14.5. The Morgan fingerprint density at radius 2 is 1.79 bits per heavy atom. The first-order valence-corrected chi connectivity index (χ1v) is 8.23. The fraction of sp³-hybridized carbons (Fsp3) is 0.571. The molecule has 0 atom stereocenters. The average molecular weight is 283 g/mol. The molecule has 1 saturated carbocycles. The smallest absolute Gasteiger partial charge is 0.218 e. The highest BCUT2D eigenvalue weighted by Gasteiger charge is 2.35. The Hall–Kier alpha value is -0.910. The van der Waals surface area contributed by atoms with Crippen molar-refractivity contribution in [1.29, 1.82) is 0 Å². The summed E-state index contributed by atoms with van der Waals surface area (Å²) >= 11 is 0. The zero-order valence-electron chi connectivity index (χ0n) is 11.2. The largest absolute Gasteiger partial charge is 0.389 e. The average Bonchev–Trinajstić information content (AvgIpc) is 2.76. The van der Waals surface area contributed by atoms with E-state index in [-0.39, 0.29) is 12.3 Å². The summed E-state index contributed by atoms with van der Waals surface area (Å²) in [6.07, 6.45) is 3.34.